The molecule has 1 aliphatic heterocycles. The minimum Gasteiger partial charge on any atom is -0.466 e. The molecule has 0 bridgehead atoms. The van der Waals surface area contributed by atoms with E-state index in [0.717, 1.165) is 22.2 Å². The van der Waals surface area contributed by atoms with Crippen LogP contribution >= 0.6 is 0 Å². The molecule has 142 valence electrons. The number of ether oxygens (including phenoxy) is 1. The topological polar surface area (TPSA) is 85.2 Å². The second-order valence-corrected chi connectivity index (χ2v) is 6.63. The Bertz CT molecular complexity index is 1100. The van der Waals surface area contributed by atoms with Gasteiger partial charge in [0.15, 0.2) is 0 Å². The molecule has 2 amide bonds. The summed E-state index contributed by atoms with van der Waals surface area (Å²) in [5.41, 5.74) is 4.47. The van der Waals surface area contributed by atoms with Crippen molar-refractivity contribution >= 4 is 23.0 Å². The molecular weight excluding hydrogens is 356 g/mol. The summed E-state index contributed by atoms with van der Waals surface area (Å²) in [6.07, 6.45) is 1.70. The lowest BCUT2D eigenvalue weighted by atomic mass is 9.92. The van der Waals surface area contributed by atoms with Crippen molar-refractivity contribution in [3.8, 4) is 0 Å². The Morgan fingerprint density at radius 2 is 1.93 bits per heavy atom. The quantitative estimate of drug-likeness (QED) is 0.686. The van der Waals surface area contributed by atoms with Gasteiger partial charge in [-0.05, 0) is 30.2 Å². The van der Waals surface area contributed by atoms with Gasteiger partial charge in [-0.15, -0.1) is 0 Å². The number of benzene rings is 2. The molecule has 1 aliphatic rings. The van der Waals surface area contributed by atoms with Crippen LogP contribution in [0.25, 0.3) is 11.0 Å². The Hall–Kier alpha value is -3.61. The molecule has 7 heteroatoms. The second-order valence-electron chi connectivity index (χ2n) is 6.63. The minimum absolute atomic E-state index is 0.292. The molecule has 28 heavy (non-hydrogen) atoms. The molecule has 0 spiro atoms. The first-order chi connectivity index (χ1) is 13.6. The normalized spacial score (nSPS) is 16.6. The zero-order chi connectivity index (χ0) is 19.7. The summed E-state index contributed by atoms with van der Waals surface area (Å²) in [5.74, 6) is -0.486. The minimum atomic E-state index is -0.591. The lowest BCUT2D eigenvalue weighted by Gasteiger charge is -2.30. The number of urea groups is 1. The lowest BCUT2D eigenvalue weighted by molar-refractivity contribution is -0.136. The molecule has 7 nitrogen and oxygen atoms in total. The smallest absolute Gasteiger partial charge is 0.338 e. The summed E-state index contributed by atoms with van der Waals surface area (Å²) in [7, 11) is 1.34. The molecule has 4 rings (SSSR count). The fourth-order valence-corrected chi connectivity index (χ4v) is 3.54. The molecule has 0 fully saturated rings. The maximum atomic E-state index is 12.7. The van der Waals surface area contributed by atoms with Gasteiger partial charge in [-0.3, -0.25) is 0 Å². The number of imidazole rings is 1. The third-order valence-electron chi connectivity index (χ3n) is 4.91. The molecular formula is C21H20N4O3. The van der Waals surface area contributed by atoms with Crippen LogP contribution in [0, 0.1) is 6.92 Å². The van der Waals surface area contributed by atoms with Crippen molar-refractivity contribution < 1.29 is 14.3 Å². The van der Waals surface area contributed by atoms with Crippen molar-refractivity contribution in [2.24, 2.45) is 0 Å². The highest BCUT2D eigenvalue weighted by Gasteiger charge is 2.34. The highest BCUT2D eigenvalue weighted by molar-refractivity contribution is 5.95. The van der Waals surface area contributed by atoms with Gasteiger partial charge in [0.1, 0.15) is 0 Å². The number of aryl methyl sites for hydroxylation is 1. The summed E-state index contributed by atoms with van der Waals surface area (Å²) >= 11 is 0. The average Bonchev–Trinajstić information content (AvgIpc) is 3.10. The number of nitrogens with one attached hydrogen (secondary N) is 2. The maximum absolute atomic E-state index is 12.7. The van der Waals surface area contributed by atoms with Crippen molar-refractivity contribution in [1.82, 2.24) is 20.2 Å². The van der Waals surface area contributed by atoms with Gasteiger partial charge in [0.05, 0.1) is 48.3 Å². The number of amides is 2. The Labute approximate surface area is 162 Å². The molecule has 3 aromatic rings. The Morgan fingerprint density at radius 1 is 1.18 bits per heavy atom. The predicted octanol–water partition coefficient (Wildman–Crippen LogP) is 2.83. The first-order valence-electron chi connectivity index (χ1n) is 8.92. The van der Waals surface area contributed by atoms with Crippen molar-refractivity contribution in [2.45, 2.75) is 19.5 Å². The van der Waals surface area contributed by atoms with Crippen molar-refractivity contribution in [2.75, 3.05) is 7.11 Å². The highest BCUT2D eigenvalue weighted by Crippen LogP contribution is 2.30. The van der Waals surface area contributed by atoms with Crippen molar-refractivity contribution in [3.05, 3.63) is 77.3 Å². The molecule has 2 aromatic carbocycles. The molecule has 0 saturated carbocycles. The largest absolute Gasteiger partial charge is 0.466 e. The number of esters is 1. The zero-order valence-corrected chi connectivity index (χ0v) is 15.6. The maximum Gasteiger partial charge on any atom is 0.338 e. The van der Waals surface area contributed by atoms with E-state index in [2.05, 4.69) is 15.6 Å². The average molecular weight is 376 g/mol. The predicted molar refractivity (Wildman–Crippen MR) is 104 cm³/mol. The highest BCUT2D eigenvalue weighted by atomic mass is 16.5. The van der Waals surface area contributed by atoms with E-state index in [9.17, 15) is 9.59 Å². The molecule has 1 aromatic heterocycles. The Kier molecular flexibility index (Phi) is 4.57. The van der Waals surface area contributed by atoms with Crippen LogP contribution in [0.2, 0.25) is 0 Å². The van der Waals surface area contributed by atoms with Crippen LogP contribution in [-0.4, -0.2) is 28.7 Å². The number of nitrogens with zero attached hydrogens (tertiary/aromatic N) is 2. The van der Waals surface area contributed by atoms with Crippen molar-refractivity contribution in [1.29, 1.82) is 0 Å². The van der Waals surface area contributed by atoms with Gasteiger partial charge in [-0.25, -0.2) is 14.6 Å². The van der Waals surface area contributed by atoms with Crippen LogP contribution in [0.5, 0.6) is 0 Å². The summed E-state index contributed by atoms with van der Waals surface area (Å²) in [5, 5.41) is 5.64. The molecule has 0 unspecified atom stereocenters. The summed E-state index contributed by atoms with van der Waals surface area (Å²) < 4.78 is 6.94. The molecule has 0 saturated heterocycles. The zero-order valence-electron chi connectivity index (χ0n) is 15.6. The van der Waals surface area contributed by atoms with Crippen LogP contribution in [0.4, 0.5) is 4.79 Å². The Balaban J connectivity index is 1.84. The van der Waals surface area contributed by atoms with Gasteiger partial charge in [-0.1, -0.05) is 36.4 Å². The molecule has 0 aliphatic carbocycles. The number of hydrogen-bond donors (Lipinski definition) is 2. The van der Waals surface area contributed by atoms with Crippen LogP contribution in [0.3, 0.4) is 0 Å². The number of methoxy groups -OCH3 is 1. The van der Waals surface area contributed by atoms with Crippen molar-refractivity contribution in [3.63, 3.8) is 0 Å². The first-order valence-corrected chi connectivity index (χ1v) is 8.92. The van der Waals surface area contributed by atoms with E-state index in [1.807, 2.05) is 60.0 Å². The molecule has 2 N–H and O–H groups in total. The van der Waals surface area contributed by atoms with Gasteiger partial charge >= 0.3 is 12.0 Å². The van der Waals surface area contributed by atoms with E-state index in [1.165, 1.54) is 7.11 Å². The third-order valence-corrected chi connectivity index (χ3v) is 4.91. The molecule has 1 atom stereocenters. The van der Waals surface area contributed by atoms with E-state index in [0.29, 0.717) is 17.8 Å². The van der Waals surface area contributed by atoms with E-state index >= 15 is 0 Å². The Morgan fingerprint density at radius 3 is 2.71 bits per heavy atom. The van der Waals surface area contributed by atoms with Gasteiger partial charge in [0.25, 0.3) is 0 Å². The number of para-hydroxylation sites is 2. The standard InChI is InChI=1S/C21H20N4O3/c1-13-7-3-4-8-14(13)19-18(20(26)28-2)16(23-21(27)24-19)11-25-12-22-15-9-5-6-10-17(15)25/h3-10,12,19H,11H2,1-2H3,(H2,23,24,27)/t19-/m1/s1. The van der Waals surface area contributed by atoms with E-state index < -0.39 is 12.0 Å². The van der Waals surface area contributed by atoms with E-state index in [1.54, 1.807) is 6.33 Å². The number of carbonyl (C=O) groups is 2. The number of aromatic nitrogens is 2. The monoisotopic (exact) mass is 376 g/mol. The number of rotatable bonds is 4. The third kappa shape index (κ3) is 3.11. The van der Waals surface area contributed by atoms with E-state index in [-0.39, 0.29) is 6.03 Å². The second kappa shape index (κ2) is 7.19. The molecule has 0 radical (unpaired) electrons. The first kappa shape index (κ1) is 17.8. The fourth-order valence-electron chi connectivity index (χ4n) is 3.54. The fraction of sp³-hybridized carbons (Fsp3) is 0.190. The summed E-state index contributed by atoms with van der Waals surface area (Å²) in [4.78, 5) is 29.4. The van der Waals surface area contributed by atoms with Gasteiger partial charge in [0.2, 0.25) is 0 Å². The number of hydrogen-bond acceptors (Lipinski definition) is 4. The van der Waals surface area contributed by atoms with Crippen LogP contribution in [0.15, 0.2) is 66.1 Å². The van der Waals surface area contributed by atoms with Crippen LogP contribution in [0.1, 0.15) is 17.2 Å². The summed E-state index contributed by atoms with van der Waals surface area (Å²) in [6.45, 7) is 2.24. The number of carbonyl (C=O) groups excluding carboxylic acids is 2. The van der Waals surface area contributed by atoms with Gasteiger partial charge in [-0.2, -0.15) is 0 Å². The van der Waals surface area contributed by atoms with Gasteiger partial charge < -0.3 is 19.9 Å². The number of allylic oxidation sites excluding steroid dienone is 1. The van der Waals surface area contributed by atoms with E-state index in [4.69, 9.17) is 4.74 Å². The number of fused-ring (bicyclic) bond motifs is 1. The SMILES string of the molecule is COC(=O)C1=C(Cn2cnc3ccccc32)NC(=O)N[C@@H]1c1ccccc1C. The lowest BCUT2D eigenvalue weighted by Crippen LogP contribution is -2.47. The van der Waals surface area contributed by atoms with Gasteiger partial charge in [0, 0.05) is 0 Å². The summed E-state index contributed by atoms with van der Waals surface area (Å²) in [6, 6.07) is 14.4. The molecule has 2 heterocycles. The van der Waals surface area contributed by atoms with Crippen LogP contribution < -0.4 is 10.6 Å². The van der Waals surface area contributed by atoms with Crippen LogP contribution in [-0.2, 0) is 16.1 Å².